The third-order valence-corrected chi connectivity index (χ3v) is 2.05. The summed E-state index contributed by atoms with van der Waals surface area (Å²) < 4.78 is 7.04. The zero-order chi connectivity index (χ0) is 9.97. The minimum absolute atomic E-state index is 0.829. The minimum atomic E-state index is 0.829. The highest BCUT2D eigenvalue weighted by molar-refractivity contribution is 5.39. The molecule has 1 aromatic carbocycles. The zero-order valence-electron chi connectivity index (χ0n) is 8.14. The van der Waals surface area contributed by atoms with Crippen LogP contribution in [0.25, 0.3) is 5.69 Å². The predicted molar refractivity (Wildman–Crippen MR) is 52.6 cm³/mol. The van der Waals surface area contributed by atoms with Gasteiger partial charge in [0.15, 0.2) is 0 Å². The van der Waals surface area contributed by atoms with Crippen molar-refractivity contribution in [1.82, 2.24) is 14.8 Å². The van der Waals surface area contributed by atoms with Gasteiger partial charge in [0.2, 0.25) is 0 Å². The Labute approximate surface area is 82.2 Å². The molecule has 0 aliphatic rings. The van der Waals surface area contributed by atoms with Crippen LogP contribution < -0.4 is 4.74 Å². The number of hydrogen-bond acceptors (Lipinski definition) is 3. The van der Waals surface area contributed by atoms with Gasteiger partial charge in [-0.15, -0.1) is 10.2 Å². The fraction of sp³-hybridized carbons (Fsp3) is 0.200. The zero-order valence-corrected chi connectivity index (χ0v) is 8.14. The van der Waals surface area contributed by atoms with Crippen LogP contribution in [0.5, 0.6) is 5.75 Å². The van der Waals surface area contributed by atoms with Gasteiger partial charge in [0.1, 0.15) is 17.9 Å². The SMILES string of the molecule is COc1cccc(-n2cnnc2C)c1. The van der Waals surface area contributed by atoms with Gasteiger partial charge < -0.3 is 4.74 Å². The maximum Gasteiger partial charge on any atom is 0.134 e. The molecule has 0 N–H and O–H groups in total. The number of benzene rings is 1. The second-order valence-electron chi connectivity index (χ2n) is 2.95. The third-order valence-electron chi connectivity index (χ3n) is 2.05. The third kappa shape index (κ3) is 1.46. The molecule has 0 saturated heterocycles. The molecule has 0 fully saturated rings. The summed E-state index contributed by atoms with van der Waals surface area (Å²) in [5, 5.41) is 7.75. The van der Waals surface area contributed by atoms with Crippen LogP contribution in [-0.2, 0) is 0 Å². The number of ether oxygens (including phenoxy) is 1. The second kappa shape index (κ2) is 3.49. The van der Waals surface area contributed by atoms with Crippen LogP contribution in [0.1, 0.15) is 5.82 Å². The van der Waals surface area contributed by atoms with Gasteiger partial charge in [0.25, 0.3) is 0 Å². The van der Waals surface area contributed by atoms with Crippen molar-refractivity contribution in [1.29, 1.82) is 0 Å². The van der Waals surface area contributed by atoms with Crippen LogP contribution >= 0.6 is 0 Å². The molecule has 0 atom stereocenters. The lowest BCUT2D eigenvalue weighted by molar-refractivity contribution is 0.414. The van der Waals surface area contributed by atoms with Gasteiger partial charge in [-0.1, -0.05) is 6.07 Å². The van der Waals surface area contributed by atoms with Crippen LogP contribution in [0.3, 0.4) is 0 Å². The lowest BCUT2D eigenvalue weighted by Gasteiger charge is -2.05. The summed E-state index contributed by atoms with van der Waals surface area (Å²) in [5.74, 6) is 1.69. The van der Waals surface area contributed by atoms with Crippen LogP contribution in [0.4, 0.5) is 0 Å². The fourth-order valence-corrected chi connectivity index (χ4v) is 1.31. The van der Waals surface area contributed by atoms with Gasteiger partial charge in [0, 0.05) is 6.07 Å². The molecule has 1 aromatic heterocycles. The molecule has 0 unspecified atom stereocenters. The van der Waals surface area contributed by atoms with E-state index < -0.39 is 0 Å². The topological polar surface area (TPSA) is 39.9 Å². The van der Waals surface area contributed by atoms with Crippen LogP contribution in [0.15, 0.2) is 30.6 Å². The molecule has 2 aromatic rings. The molecule has 14 heavy (non-hydrogen) atoms. The normalized spacial score (nSPS) is 10.1. The monoisotopic (exact) mass is 189 g/mol. The van der Waals surface area contributed by atoms with Crippen molar-refractivity contribution in [2.45, 2.75) is 6.92 Å². The van der Waals surface area contributed by atoms with Crippen molar-refractivity contribution in [2.75, 3.05) is 7.11 Å². The van der Waals surface area contributed by atoms with Crippen molar-refractivity contribution in [2.24, 2.45) is 0 Å². The Balaban J connectivity index is 2.47. The highest BCUT2D eigenvalue weighted by atomic mass is 16.5. The molecule has 2 rings (SSSR count). The molecular weight excluding hydrogens is 178 g/mol. The second-order valence-corrected chi connectivity index (χ2v) is 2.95. The van der Waals surface area contributed by atoms with Crippen LogP contribution in [-0.4, -0.2) is 21.9 Å². The summed E-state index contributed by atoms with van der Waals surface area (Å²) in [4.78, 5) is 0. The maximum absolute atomic E-state index is 5.14. The summed E-state index contributed by atoms with van der Waals surface area (Å²) in [7, 11) is 1.65. The quantitative estimate of drug-likeness (QED) is 0.720. The average Bonchev–Trinajstić information content (AvgIpc) is 2.65. The molecule has 0 amide bonds. The summed E-state index contributed by atoms with van der Waals surface area (Å²) in [6.07, 6.45) is 1.68. The van der Waals surface area contributed by atoms with Crippen molar-refractivity contribution in [3.8, 4) is 11.4 Å². The maximum atomic E-state index is 5.14. The van der Waals surface area contributed by atoms with E-state index in [-0.39, 0.29) is 0 Å². The first-order valence-corrected chi connectivity index (χ1v) is 4.32. The number of rotatable bonds is 2. The standard InChI is InChI=1S/C10H11N3O/c1-8-12-11-7-13(8)9-4-3-5-10(6-9)14-2/h3-7H,1-2H3. The lowest BCUT2D eigenvalue weighted by atomic mass is 10.3. The molecule has 0 aliphatic heterocycles. The lowest BCUT2D eigenvalue weighted by Crippen LogP contribution is -1.95. The average molecular weight is 189 g/mol. The van der Waals surface area contributed by atoms with Gasteiger partial charge in [-0.05, 0) is 19.1 Å². The molecule has 1 heterocycles. The highest BCUT2D eigenvalue weighted by Crippen LogP contribution is 2.16. The Morgan fingerprint density at radius 1 is 1.36 bits per heavy atom. The van der Waals surface area contributed by atoms with Crippen molar-refractivity contribution < 1.29 is 4.74 Å². The highest BCUT2D eigenvalue weighted by Gasteiger charge is 2.01. The molecule has 0 aliphatic carbocycles. The van der Waals surface area contributed by atoms with Crippen LogP contribution in [0.2, 0.25) is 0 Å². The summed E-state index contributed by atoms with van der Waals surface area (Å²) in [5.41, 5.74) is 1.01. The van der Waals surface area contributed by atoms with Gasteiger partial charge in [-0.2, -0.15) is 0 Å². The first-order valence-electron chi connectivity index (χ1n) is 4.32. The summed E-state index contributed by atoms with van der Waals surface area (Å²) >= 11 is 0. The Morgan fingerprint density at radius 2 is 2.21 bits per heavy atom. The van der Waals surface area contributed by atoms with Gasteiger partial charge in [0.05, 0.1) is 12.8 Å². The van der Waals surface area contributed by atoms with Crippen LogP contribution in [0, 0.1) is 6.92 Å². The molecule has 0 saturated carbocycles. The van der Waals surface area contributed by atoms with Crippen molar-refractivity contribution >= 4 is 0 Å². The molecule has 0 spiro atoms. The molecule has 4 nitrogen and oxygen atoms in total. The van der Waals surface area contributed by atoms with Gasteiger partial charge >= 0.3 is 0 Å². The van der Waals surface area contributed by atoms with E-state index in [1.54, 1.807) is 13.4 Å². The molecule has 0 radical (unpaired) electrons. The van der Waals surface area contributed by atoms with Crippen molar-refractivity contribution in [3.63, 3.8) is 0 Å². The molecular formula is C10H11N3O. The smallest absolute Gasteiger partial charge is 0.134 e. The molecule has 4 heteroatoms. The minimum Gasteiger partial charge on any atom is -0.497 e. The van der Waals surface area contributed by atoms with E-state index in [1.807, 2.05) is 35.8 Å². The van der Waals surface area contributed by atoms with E-state index in [1.165, 1.54) is 0 Å². The Morgan fingerprint density at radius 3 is 2.86 bits per heavy atom. The summed E-state index contributed by atoms with van der Waals surface area (Å²) in [6, 6.07) is 7.77. The first kappa shape index (κ1) is 8.74. The van der Waals surface area contributed by atoms with Gasteiger partial charge in [-0.3, -0.25) is 4.57 Å². The van der Waals surface area contributed by atoms with E-state index in [0.717, 1.165) is 17.3 Å². The fourth-order valence-electron chi connectivity index (χ4n) is 1.31. The number of hydrogen-bond donors (Lipinski definition) is 0. The van der Waals surface area contributed by atoms with E-state index >= 15 is 0 Å². The Hall–Kier alpha value is -1.84. The molecule has 0 bridgehead atoms. The van der Waals surface area contributed by atoms with E-state index in [2.05, 4.69) is 10.2 Å². The van der Waals surface area contributed by atoms with Crippen molar-refractivity contribution in [3.05, 3.63) is 36.4 Å². The van der Waals surface area contributed by atoms with E-state index in [9.17, 15) is 0 Å². The number of aromatic nitrogens is 3. The summed E-state index contributed by atoms with van der Waals surface area (Å²) in [6.45, 7) is 1.91. The molecule has 72 valence electrons. The van der Waals surface area contributed by atoms with E-state index in [0.29, 0.717) is 0 Å². The number of methoxy groups -OCH3 is 1. The predicted octanol–water partition coefficient (Wildman–Crippen LogP) is 1.58. The Bertz CT molecular complexity index is 436. The first-order chi connectivity index (χ1) is 6.81. The Kier molecular flexibility index (Phi) is 2.18. The van der Waals surface area contributed by atoms with Gasteiger partial charge in [-0.25, -0.2) is 0 Å². The number of aryl methyl sites for hydroxylation is 1. The van der Waals surface area contributed by atoms with E-state index in [4.69, 9.17) is 4.74 Å². The number of nitrogens with zero attached hydrogens (tertiary/aromatic N) is 3. The largest absolute Gasteiger partial charge is 0.497 e.